The molecule has 1 atom stereocenters. The van der Waals surface area contributed by atoms with Gasteiger partial charge in [-0.2, -0.15) is 5.10 Å². The minimum atomic E-state index is -1.01. The van der Waals surface area contributed by atoms with Gasteiger partial charge in [0.05, 0.1) is 0 Å². The van der Waals surface area contributed by atoms with Gasteiger partial charge in [-0.15, -0.1) is 0 Å². The molecule has 2 aromatic heterocycles. The fraction of sp³-hybridized carbons (Fsp3) is 0.333. The van der Waals surface area contributed by atoms with Crippen LogP contribution in [0.3, 0.4) is 0 Å². The molecule has 1 aliphatic rings. The molecule has 1 saturated carbocycles. The molecule has 2 heterocycles. The number of carboxylic acid groups (broad SMARTS) is 1. The van der Waals surface area contributed by atoms with Crippen molar-refractivity contribution >= 4 is 11.9 Å². The predicted octanol–water partition coefficient (Wildman–Crippen LogP) is 1.35. The Morgan fingerprint density at radius 3 is 2.73 bits per heavy atom. The lowest BCUT2D eigenvalue weighted by Crippen LogP contribution is -2.45. The minimum absolute atomic E-state index is 0.00578. The number of aliphatic carboxylic acids is 1. The Kier molecular flexibility index (Phi) is 3.62. The molecule has 0 bridgehead atoms. The summed E-state index contributed by atoms with van der Waals surface area (Å²) in [4.78, 5) is 29.6. The van der Waals surface area contributed by atoms with Gasteiger partial charge in [0.1, 0.15) is 11.7 Å². The Morgan fingerprint density at radius 1 is 1.36 bits per heavy atom. The zero-order valence-electron chi connectivity index (χ0n) is 12.1. The van der Waals surface area contributed by atoms with Gasteiger partial charge in [-0.25, -0.2) is 14.5 Å². The lowest BCUT2D eigenvalue weighted by Gasteiger charge is -2.26. The molecule has 1 fully saturated rings. The topological polar surface area (TPSA) is 88.3 Å². The molecule has 2 aromatic rings. The van der Waals surface area contributed by atoms with Crippen LogP contribution in [0, 0.1) is 0 Å². The maximum Gasteiger partial charge on any atom is 0.326 e. The summed E-state index contributed by atoms with van der Waals surface area (Å²) in [5.41, 5.74) is 0.230. The van der Waals surface area contributed by atoms with Crippen LogP contribution in [0.25, 0.3) is 5.82 Å². The summed E-state index contributed by atoms with van der Waals surface area (Å²) in [6, 6.07) is 5.95. The molecular formula is C15H16N4O3. The van der Waals surface area contributed by atoms with Crippen molar-refractivity contribution in [3.8, 4) is 5.82 Å². The lowest BCUT2D eigenvalue weighted by molar-refractivity contribution is -0.141. The number of nitrogens with zero attached hydrogens (tertiary/aromatic N) is 4. The zero-order valence-corrected chi connectivity index (χ0v) is 12.1. The van der Waals surface area contributed by atoms with Crippen molar-refractivity contribution in [1.29, 1.82) is 0 Å². The number of carbonyl (C=O) groups is 2. The SMILES string of the molecule is CC(C(=O)O)N(C(=O)c1cccc(-n2cccn2)n1)C1CC1. The van der Waals surface area contributed by atoms with E-state index in [0.29, 0.717) is 5.82 Å². The third-order valence-electron chi connectivity index (χ3n) is 3.64. The van der Waals surface area contributed by atoms with E-state index in [-0.39, 0.29) is 17.6 Å². The molecule has 0 spiro atoms. The molecule has 1 unspecified atom stereocenters. The number of pyridine rings is 1. The third-order valence-corrected chi connectivity index (χ3v) is 3.64. The molecule has 0 radical (unpaired) electrons. The van der Waals surface area contributed by atoms with Gasteiger partial charge in [-0.05, 0) is 38.0 Å². The first kappa shape index (κ1) is 14.2. The Bertz CT molecular complexity index is 695. The van der Waals surface area contributed by atoms with Crippen LogP contribution in [0.4, 0.5) is 0 Å². The standard InChI is InChI=1S/C15H16N4O3/c1-10(15(21)22)19(11-6-7-11)14(20)12-4-2-5-13(17-12)18-9-3-8-16-18/h2-5,8-11H,6-7H2,1H3,(H,21,22). The van der Waals surface area contributed by atoms with Gasteiger partial charge in [0, 0.05) is 18.4 Å². The summed E-state index contributed by atoms with van der Waals surface area (Å²) < 4.78 is 1.55. The Labute approximate surface area is 127 Å². The van der Waals surface area contributed by atoms with Crippen molar-refractivity contribution in [2.45, 2.75) is 31.8 Å². The van der Waals surface area contributed by atoms with E-state index in [4.69, 9.17) is 0 Å². The van der Waals surface area contributed by atoms with Crippen molar-refractivity contribution in [3.63, 3.8) is 0 Å². The van der Waals surface area contributed by atoms with Crippen LogP contribution in [0.5, 0.6) is 0 Å². The first-order valence-corrected chi connectivity index (χ1v) is 7.10. The predicted molar refractivity (Wildman–Crippen MR) is 77.6 cm³/mol. The molecule has 1 N–H and O–H groups in total. The van der Waals surface area contributed by atoms with Crippen molar-refractivity contribution in [3.05, 3.63) is 42.4 Å². The number of hydrogen-bond donors (Lipinski definition) is 1. The summed E-state index contributed by atoms with van der Waals surface area (Å²) in [6.45, 7) is 1.52. The van der Waals surface area contributed by atoms with E-state index in [1.54, 1.807) is 41.3 Å². The molecule has 1 aliphatic carbocycles. The van der Waals surface area contributed by atoms with Crippen molar-refractivity contribution < 1.29 is 14.7 Å². The molecule has 0 aromatic carbocycles. The number of carboxylic acids is 1. The van der Waals surface area contributed by atoms with Gasteiger partial charge in [0.15, 0.2) is 5.82 Å². The highest BCUT2D eigenvalue weighted by molar-refractivity contribution is 5.95. The Hall–Kier alpha value is -2.70. The highest BCUT2D eigenvalue weighted by Crippen LogP contribution is 2.30. The smallest absolute Gasteiger partial charge is 0.326 e. The number of amides is 1. The molecule has 1 amide bonds. The first-order valence-electron chi connectivity index (χ1n) is 7.10. The maximum absolute atomic E-state index is 12.7. The second-order valence-electron chi connectivity index (χ2n) is 5.29. The van der Waals surface area contributed by atoms with Gasteiger partial charge in [-0.3, -0.25) is 4.79 Å². The van der Waals surface area contributed by atoms with E-state index >= 15 is 0 Å². The second kappa shape index (κ2) is 5.59. The van der Waals surface area contributed by atoms with Gasteiger partial charge in [-0.1, -0.05) is 6.07 Å². The van der Waals surface area contributed by atoms with E-state index in [2.05, 4.69) is 10.1 Å². The van der Waals surface area contributed by atoms with Gasteiger partial charge in [0.2, 0.25) is 0 Å². The molecule has 22 heavy (non-hydrogen) atoms. The van der Waals surface area contributed by atoms with Crippen molar-refractivity contribution in [1.82, 2.24) is 19.7 Å². The number of hydrogen-bond acceptors (Lipinski definition) is 4. The summed E-state index contributed by atoms with van der Waals surface area (Å²) in [6.07, 6.45) is 5.03. The number of aromatic nitrogens is 3. The van der Waals surface area contributed by atoms with Crippen LogP contribution in [-0.2, 0) is 4.79 Å². The highest BCUT2D eigenvalue weighted by atomic mass is 16.4. The molecule has 0 aliphatic heterocycles. The number of rotatable bonds is 5. The van der Waals surface area contributed by atoms with E-state index in [1.165, 1.54) is 11.8 Å². The number of carbonyl (C=O) groups excluding carboxylic acids is 1. The van der Waals surface area contributed by atoms with E-state index < -0.39 is 12.0 Å². The minimum Gasteiger partial charge on any atom is -0.480 e. The van der Waals surface area contributed by atoms with Crippen LogP contribution < -0.4 is 0 Å². The average molecular weight is 300 g/mol. The van der Waals surface area contributed by atoms with Crippen LogP contribution in [0.2, 0.25) is 0 Å². The first-order chi connectivity index (χ1) is 10.6. The van der Waals surface area contributed by atoms with E-state index in [9.17, 15) is 14.7 Å². The molecule has 3 rings (SSSR count). The van der Waals surface area contributed by atoms with Crippen molar-refractivity contribution in [2.24, 2.45) is 0 Å². The zero-order chi connectivity index (χ0) is 15.7. The molecule has 0 saturated heterocycles. The lowest BCUT2D eigenvalue weighted by atomic mass is 10.2. The van der Waals surface area contributed by atoms with Gasteiger partial charge >= 0.3 is 5.97 Å². The summed E-state index contributed by atoms with van der Waals surface area (Å²) in [5.74, 6) is -0.843. The van der Waals surface area contributed by atoms with E-state index in [1.807, 2.05) is 0 Å². The quantitative estimate of drug-likeness (QED) is 0.900. The molecule has 114 valence electrons. The molecular weight excluding hydrogens is 284 g/mol. The van der Waals surface area contributed by atoms with Crippen LogP contribution in [0.1, 0.15) is 30.3 Å². The second-order valence-corrected chi connectivity index (χ2v) is 5.29. The highest BCUT2D eigenvalue weighted by Gasteiger charge is 2.39. The fourth-order valence-corrected chi connectivity index (χ4v) is 2.34. The normalized spacial score (nSPS) is 15.3. The fourth-order valence-electron chi connectivity index (χ4n) is 2.34. The van der Waals surface area contributed by atoms with Gasteiger partial charge in [0.25, 0.3) is 5.91 Å². The Morgan fingerprint density at radius 2 is 2.14 bits per heavy atom. The van der Waals surface area contributed by atoms with Crippen LogP contribution in [-0.4, -0.2) is 48.7 Å². The largest absolute Gasteiger partial charge is 0.480 e. The van der Waals surface area contributed by atoms with Crippen LogP contribution in [0.15, 0.2) is 36.7 Å². The monoisotopic (exact) mass is 300 g/mol. The maximum atomic E-state index is 12.7. The summed E-state index contributed by atoms with van der Waals surface area (Å²) >= 11 is 0. The van der Waals surface area contributed by atoms with Crippen molar-refractivity contribution in [2.75, 3.05) is 0 Å². The average Bonchev–Trinajstić information content (AvgIpc) is 3.19. The summed E-state index contributed by atoms with van der Waals surface area (Å²) in [5, 5.41) is 13.3. The van der Waals surface area contributed by atoms with Gasteiger partial charge < -0.3 is 10.0 Å². The Balaban J connectivity index is 1.90. The third kappa shape index (κ3) is 2.69. The molecule has 7 nitrogen and oxygen atoms in total. The van der Waals surface area contributed by atoms with E-state index in [0.717, 1.165) is 12.8 Å². The molecule has 7 heteroatoms. The van der Waals surface area contributed by atoms with Crippen LogP contribution >= 0.6 is 0 Å². The summed E-state index contributed by atoms with van der Waals surface area (Å²) in [7, 11) is 0.